The third-order valence-electron chi connectivity index (χ3n) is 6.97. The van der Waals surface area contributed by atoms with E-state index in [0.717, 1.165) is 33.9 Å². The van der Waals surface area contributed by atoms with Crippen LogP contribution in [0.1, 0.15) is 38.8 Å². The van der Waals surface area contributed by atoms with Gasteiger partial charge in [-0.2, -0.15) is 4.58 Å². The smallest absolute Gasteiger partial charge is 0.276 e. The van der Waals surface area contributed by atoms with E-state index in [4.69, 9.17) is 0 Å². The molecule has 0 aliphatic carbocycles. The third kappa shape index (κ3) is 3.33. The van der Waals surface area contributed by atoms with Crippen LogP contribution in [0.3, 0.4) is 0 Å². The van der Waals surface area contributed by atoms with Crippen molar-refractivity contribution in [2.24, 2.45) is 0 Å². The average molecular weight is 448 g/mol. The first-order chi connectivity index (χ1) is 15.4. The van der Waals surface area contributed by atoms with Gasteiger partial charge in [-0.15, -0.1) is 0 Å². The van der Waals surface area contributed by atoms with Crippen molar-refractivity contribution >= 4 is 28.5 Å². The van der Waals surface area contributed by atoms with Crippen LogP contribution in [-0.2, 0) is 10.8 Å². The van der Waals surface area contributed by atoms with Gasteiger partial charge in [0.2, 0.25) is 5.69 Å². The third-order valence-corrected chi connectivity index (χ3v) is 6.97. The summed E-state index contributed by atoms with van der Waals surface area (Å²) < 4.78 is 2.00. The van der Waals surface area contributed by atoms with Crippen LogP contribution in [0.15, 0.2) is 60.3 Å². The molecule has 8 heteroatoms. The highest BCUT2D eigenvalue weighted by molar-refractivity contribution is 6.03. The molecule has 0 atom stereocenters. The standard InChI is InChI=1S/C25H27N4O4/c1-24(2)18-12-10-16(28(30)31)14-20(18)26(5)22(24)8-7-9-23-25(3,4)19-13-11-17(29(32)33)15-21(19)27(23)6/h7-15H,1-6H3/q+1. The van der Waals surface area contributed by atoms with Gasteiger partial charge in [-0.3, -0.25) is 20.2 Å². The lowest BCUT2D eigenvalue weighted by atomic mass is 9.81. The van der Waals surface area contributed by atoms with Gasteiger partial charge in [0.05, 0.1) is 27.0 Å². The van der Waals surface area contributed by atoms with Gasteiger partial charge >= 0.3 is 0 Å². The molecule has 4 rings (SSSR count). The molecule has 33 heavy (non-hydrogen) atoms. The number of fused-ring (bicyclic) bond motifs is 2. The zero-order chi connectivity index (χ0) is 24.3. The molecular weight excluding hydrogens is 420 g/mol. The van der Waals surface area contributed by atoms with Crippen LogP contribution >= 0.6 is 0 Å². The van der Waals surface area contributed by atoms with Gasteiger partial charge in [-0.1, -0.05) is 19.9 Å². The highest BCUT2D eigenvalue weighted by Crippen LogP contribution is 2.48. The fourth-order valence-electron chi connectivity index (χ4n) is 5.12. The van der Waals surface area contributed by atoms with Gasteiger partial charge in [0.15, 0.2) is 5.71 Å². The Morgan fingerprint density at radius 3 is 2.09 bits per heavy atom. The van der Waals surface area contributed by atoms with Crippen molar-refractivity contribution in [1.29, 1.82) is 0 Å². The van der Waals surface area contributed by atoms with Crippen LogP contribution < -0.4 is 4.90 Å². The number of non-ortho nitro benzene ring substituents is 2. The SMILES string of the molecule is CN1C(=CC=CC2=[N+](C)c3cc([N+](=O)[O-])ccc3C2(C)C)C(C)(C)c2ccc([N+](=O)[O-])cc21. The molecule has 0 N–H and O–H groups in total. The highest BCUT2D eigenvalue weighted by atomic mass is 16.6. The number of hydrogen-bond donors (Lipinski definition) is 0. The Labute approximate surface area is 192 Å². The fraction of sp³-hybridized carbons (Fsp3) is 0.320. The Hall–Kier alpha value is -3.81. The van der Waals surface area contributed by atoms with E-state index in [1.165, 1.54) is 0 Å². The Bertz CT molecular complexity index is 1300. The Morgan fingerprint density at radius 1 is 0.909 bits per heavy atom. The summed E-state index contributed by atoms with van der Waals surface area (Å²) >= 11 is 0. The molecule has 0 amide bonds. The minimum absolute atomic E-state index is 0.0740. The zero-order valence-electron chi connectivity index (χ0n) is 19.6. The Kier molecular flexibility index (Phi) is 5.00. The second-order valence-electron chi connectivity index (χ2n) is 9.58. The molecule has 2 aliphatic rings. The number of nitro benzene ring substituents is 2. The summed E-state index contributed by atoms with van der Waals surface area (Å²) in [6, 6.07) is 10.0. The molecule has 0 bridgehead atoms. The number of likely N-dealkylation sites (N-methyl/N-ethyl adjacent to an activating group) is 1. The number of benzene rings is 2. The van der Waals surface area contributed by atoms with E-state index >= 15 is 0 Å². The molecule has 0 fully saturated rings. The number of anilines is 1. The molecule has 0 spiro atoms. The van der Waals surface area contributed by atoms with Gasteiger partial charge in [-0.25, -0.2) is 0 Å². The van der Waals surface area contributed by atoms with Gasteiger partial charge in [0.25, 0.3) is 11.4 Å². The number of hydrogen-bond acceptors (Lipinski definition) is 5. The largest absolute Gasteiger partial charge is 0.347 e. The molecule has 8 nitrogen and oxygen atoms in total. The lowest BCUT2D eigenvalue weighted by Crippen LogP contribution is -2.26. The molecule has 0 saturated heterocycles. The minimum Gasteiger partial charge on any atom is -0.347 e. The van der Waals surface area contributed by atoms with E-state index in [2.05, 4.69) is 27.7 Å². The summed E-state index contributed by atoms with van der Waals surface area (Å²) in [6.07, 6.45) is 6.06. The minimum atomic E-state index is -0.376. The lowest BCUT2D eigenvalue weighted by molar-refractivity contribution is -0.405. The Balaban J connectivity index is 1.71. The van der Waals surface area contributed by atoms with E-state index in [9.17, 15) is 20.2 Å². The molecule has 2 aliphatic heterocycles. The highest BCUT2D eigenvalue weighted by Gasteiger charge is 2.44. The normalized spacial score (nSPS) is 19.3. The molecule has 0 saturated carbocycles. The average Bonchev–Trinajstić information content (AvgIpc) is 3.06. The lowest BCUT2D eigenvalue weighted by Gasteiger charge is -2.23. The predicted molar refractivity (Wildman–Crippen MR) is 129 cm³/mol. The van der Waals surface area contributed by atoms with Crippen LogP contribution in [0.5, 0.6) is 0 Å². The van der Waals surface area contributed by atoms with E-state index < -0.39 is 0 Å². The topological polar surface area (TPSA) is 92.5 Å². The first-order valence-corrected chi connectivity index (χ1v) is 10.7. The van der Waals surface area contributed by atoms with Gasteiger partial charge in [0, 0.05) is 48.0 Å². The summed E-state index contributed by atoms with van der Waals surface area (Å²) in [5.41, 5.74) is 5.34. The van der Waals surface area contributed by atoms with Crippen molar-refractivity contribution in [2.75, 3.05) is 19.0 Å². The summed E-state index contributed by atoms with van der Waals surface area (Å²) in [6.45, 7) is 8.42. The maximum atomic E-state index is 11.2. The monoisotopic (exact) mass is 447 g/mol. The van der Waals surface area contributed by atoms with Gasteiger partial charge in [-0.05, 0) is 37.6 Å². The van der Waals surface area contributed by atoms with Crippen molar-refractivity contribution < 1.29 is 14.4 Å². The maximum absolute atomic E-state index is 11.2. The van der Waals surface area contributed by atoms with Gasteiger partial charge in [0.1, 0.15) is 7.05 Å². The fourth-order valence-corrected chi connectivity index (χ4v) is 5.12. The van der Waals surface area contributed by atoms with Crippen LogP contribution in [0.25, 0.3) is 0 Å². The zero-order valence-corrected chi connectivity index (χ0v) is 19.6. The van der Waals surface area contributed by atoms with Gasteiger partial charge < -0.3 is 4.90 Å². The molecule has 0 radical (unpaired) electrons. The number of rotatable bonds is 4. The molecule has 0 aromatic heterocycles. The number of nitrogens with zero attached hydrogens (tertiary/aromatic N) is 4. The van der Waals surface area contributed by atoms with Crippen LogP contribution in [0.4, 0.5) is 22.7 Å². The van der Waals surface area contributed by atoms with Crippen molar-refractivity contribution in [3.63, 3.8) is 0 Å². The van der Waals surface area contributed by atoms with Crippen LogP contribution in [0.2, 0.25) is 0 Å². The molecule has 2 aromatic carbocycles. The van der Waals surface area contributed by atoms with Crippen molar-refractivity contribution in [3.05, 3.63) is 91.7 Å². The van der Waals surface area contributed by atoms with Crippen LogP contribution in [0, 0.1) is 20.2 Å². The molecule has 2 heterocycles. The molecule has 170 valence electrons. The number of allylic oxidation sites excluding steroid dienone is 4. The van der Waals surface area contributed by atoms with E-state index in [-0.39, 0.29) is 32.1 Å². The van der Waals surface area contributed by atoms with E-state index in [1.54, 1.807) is 24.3 Å². The summed E-state index contributed by atoms with van der Waals surface area (Å²) in [5, 5.41) is 22.5. The number of nitro groups is 2. The van der Waals surface area contributed by atoms with Crippen molar-refractivity contribution in [2.45, 2.75) is 38.5 Å². The summed E-state index contributed by atoms with van der Waals surface area (Å²) in [5.74, 6) is 0. The van der Waals surface area contributed by atoms with Crippen LogP contribution in [-0.4, -0.2) is 34.2 Å². The Morgan fingerprint density at radius 2 is 1.48 bits per heavy atom. The van der Waals surface area contributed by atoms with E-state index in [1.807, 2.05) is 53.9 Å². The van der Waals surface area contributed by atoms with E-state index in [0.29, 0.717) is 0 Å². The van der Waals surface area contributed by atoms with Crippen molar-refractivity contribution in [3.8, 4) is 0 Å². The second-order valence-corrected chi connectivity index (χ2v) is 9.58. The quantitative estimate of drug-likeness (QED) is 0.357. The first-order valence-electron chi connectivity index (χ1n) is 10.7. The second kappa shape index (κ2) is 7.37. The molecule has 0 unspecified atom stereocenters. The summed E-state index contributed by atoms with van der Waals surface area (Å²) in [4.78, 5) is 23.7. The summed E-state index contributed by atoms with van der Waals surface area (Å²) in [7, 11) is 3.84. The molecular formula is C25H27N4O4+. The first kappa shape index (κ1) is 22.4. The predicted octanol–water partition coefficient (Wildman–Crippen LogP) is 5.38. The molecule has 2 aromatic rings. The van der Waals surface area contributed by atoms with Crippen molar-refractivity contribution in [1.82, 2.24) is 0 Å². The maximum Gasteiger partial charge on any atom is 0.276 e.